The molecule has 5 heteroatoms. The Kier molecular flexibility index (Phi) is 4.88. The number of anilines is 1. The fourth-order valence-corrected chi connectivity index (χ4v) is 2.35. The zero-order chi connectivity index (χ0) is 15.4. The molecular weight excluding hydrogens is 264 g/mol. The summed E-state index contributed by atoms with van der Waals surface area (Å²) in [7, 11) is 1.67. The van der Waals surface area contributed by atoms with E-state index in [2.05, 4.69) is 24.3 Å². The first-order valence-electron chi connectivity index (χ1n) is 7.01. The van der Waals surface area contributed by atoms with Gasteiger partial charge in [-0.05, 0) is 12.8 Å². The van der Waals surface area contributed by atoms with Crippen LogP contribution in [0.3, 0.4) is 0 Å². The van der Waals surface area contributed by atoms with E-state index in [0.29, 0.717) is 11.6 Å². The average Bonchev–Trinajstić information content (AvgIpc) is 2.49. The fraction of sp³-hybridized carbons (Fsp3) is 0.375. The summed E-state index contributed by atoms with van der Waals surface area (Å²) in [6, 6.07) is 10.0. The minimum atomic E-state index is -0.167. The SMILES string of the molecule is COC(c1nc(NN)c(C)c(-c2ccccc2)n1)C(C)C. The van der Waals surface area contributed by atoms with Crippen LogP contribution in [0.2, 0.25) is 0 Å². The number of nitrogens with zero attached hydrogens (tertiary/aromatic N) is 2. The average molecular weight is 286 g/mol. The predicted octanol–water partition coefficient (Wildman–Crippen LogP) is 3.08. The highest BCUT2D eigenvalue weighted by atomic mass is 16.5. The molecule has 3 N–H and O–H groups in total. The monoisotopic (exact) mass is 286 g/mol. The molecule has 1 atom stereocenters. The van der Waals surface area contributed by atoms with Crippen LogP contribution in [0.4, 0.5) is 5.82 Å². The van der Waals surface area contributed by atoms with E-state index in [-0.39, 0.29) is 12.0 Å². The van der Waals surface area contributed by atoms with Crippen LogP contribution in [0.1, 0.15) is 31.3 Å². The van der Waals surface area contributed by atoms with Gasteiger partial charge in [0, 0.05) is 18.2 Å². The van der Waals surface area contributed by atoms with Crippen LogP contribution >= 0.6 is 0 Å². The van der Waals surface area contributed by atoms with Crippen molar-refractivity contribution < 1.29 is 4.74 Å². The first-order valence-corrected chi connectivity index (χ1v) is 7.01. The highest BCUT2D eigenvalue weighted by Crippen LogP contribution is 2.29. The maximum Gasteiger partial charge on any atom is 0.160 e. The maximum atomic E-state index is 5.60. The van der Waals surface area contributed by atoms with Crippen LogP contribution in [0.25, 0.3) is 11.3 Å². The third-order valence-electron chi connectivity index (χ3n) is 3.46. The maximum absolute atomic E-state index is 5.60. The molecule has 0 spiro atoms. The van der Waals surface area contributed by atoms with E-state index in [1.165, 1.54) is 0 Å². The topological polar surface area (TPSA) is 73.1 Å². The molecule has 0 aliphatic rings. The van der Waals surface area contributed by atoms with Crippen molar-refractivity contribution in [2.45, 2.75) is 26.9 Å². The number of nitrogens with one attached hydrogen (secondary N) is 1. The zero-order valence-corrected chi connectivity index (χ0v) is 12.9. The van der Waals surface area contributed by atoms with Gasteiger partial charge in [-0.15, -0.1) is 0 Å². The number of hydrazine groups is 1. The van der Waals surface area contributed by atoms with Crippen LogP contribution < -0.4 is 11.3 Å². The number of benzene rings is 1. The standard InChI is InChI=1S/C16H22N4O/c1-10(2)14(21-4)16-18-13(11(3)15(19-16)20-17)12-8-6-5-7-9-12/h5-10,14H,17H2,1-4H3,(H,18,19,20). The number of ether oxygens (including phenoxy) is 1. The second-order valence-corrected chi connectivity index (χ2v) is 5.31. The Labute approximate surface area is 125 Å². The van der Waals surface area contributed by atoms with Crippen molar-refractivity contribution in [1.29, 1.82) is 0 Å². The van der Waals surface area contributed by atoms with E-state index < -0.39 is 0 Å². The molecule has 0 saturated carbocycles. The van der Waals surface area contributed by atoms with Gasteiger partial charge < -0.3 is 10.2 Å². The van der Waals surface area contributed by atoms with Gasteiger partial charge in [0.15, 0.2) is 5.82 Å². The molecule has 0 saturated heterocycles. The van der Waals surface area contributed by atoms with Crippen LogP contribution in [-0.2, 0) is 4.74 Å². The lowest BCUT2D eigenvalue weighted by molar-refractivity contribution is 0.0576. The van der Waals surface area contributed by atoms with Gasteiger partial charge in [-0.2, -0.15) is 0 Å². The van der Waals surface area contributed by atoms with E-state index in [1.54, 1.807) is 7.11 Å². The molecule has 0 amide bonds. The van der Waals surface area contributed by atoms with Crippen molar-refractivity contribution in [2.24, 2.45) is 11.8 Å². The van der Waals surface area contributed by atoms with Gasteiger partial charge in [0.2, 0.25) is 0 Å². The van der Waals surface area contributed by atoms with Gasteiger partial charge in [-0.3, -0.25) is 0 Å². The first kappa shape index (κ1) is 15.4. The normalized spacial score (nSPS) is 12.5. The van der Waals surface area contributed by atoms with Crippen LogP contribution in [0.15, 0.2) is 30.3 Å². The van der Waals surface area contributed by atoms with E-state index in [4.69, 9.17) is 15.6 Å². The van der Waals surface area contributed by atoms with Crippen LogP contribution in [-0.4, -0.2) is 17.1 Å². The van der Waals surface area contributed by atoms with Gasteiger partial charge in [0.05, 0.1) is 5.69 Å². The number of nitrogen functional groups attached to an aromatic ring is 1. The summed E-state index contributed by atoms with van der Waals surface area (Å²) in [5.41, 5.74) is 5.49. The molecule has 2 aromatic rings. The lowest BCUT2D eigenvalue weighted by Crippen LogP contribution is -2.18. The largest absolute Gasteiger partial charge is 0.373 e. The van der Waals surface area contributed by atoms with E-state index >= 15 is 0 Å². The summed E-state index contributed by atoms with van der Waals surface area (Å²) in [5.74, 6) is 7.14. The van der Waals surface area contributed by atoms with Gasteiger partial charge >= 0.3 is 0 Å². The molecular formula is C16H22N4O. The number of hydrogen-bond donors (Lipinski definition) is 2. The van der Waals surface area contributed by atoms with Gasteiger partial charge in [0.1, 0.15) is 11.9 Å². The predicted molar refractivity (Wildman–Crippen MR) is 84.6 cm³/mol. The van der Waals surface area contributed by atoms with E-state index in [0.717, 1.165) is 16.8 Å². The number of aromatic nitrogens is 2. The zero-order valence-electron chi connectivity index (χ0n) is 12.9. The second kappa shape index (κ2) is 6.65. The molecule has 0 bridgehead atoms. The van der Waals surface area contributed by atoms with Gasteiger partial charge in [0.25, 0.3) is 0 Å². The van der Waals surface area contributed by atoms with Crippen molar-refractivity contribution in [2.75, 3.05) is 12.5 Å². The molecule has 1 aromatic carbocycles. The Morgan fingerprint density at radius 1 is 1.14 bits per heavy atom. The third kappa shape index (κ3) is 3.20. The van der Waals surface area contributed by atoms with Crippen LogP contribution in [0, 0.1) is 12.8 Å². The molecule has 2 rings (SSSR count). The lowest BCUT2D eigenvalue weighted by Gasteiger charge is -2.20. The molecule has 0 fully saturated rings. The first-order chi connectivity index (χ1) is 10.1. The van der Waals surface area contributed by atoms with Crippen molar-refractivity contribution in [3.8, 4) is 11.3 Å². The Morgan fingerprint density at radius 3 is 2.33 bits per heavy atom. The van der Waals surface area contributed by atoms with Crippen molar-refractivity contribution in [3.63, 3.8) is 0 Å². The molecule has 112 valence electrons. The molecule has 1 heterocycles. The number of rotatable bonds is 5. The van der Waals surface area contributed by atoms with Crippen molar-refractivity contribution in [1.82, 2.24) is 9.97 Å². The Balaban J connectivity index is 2.60. The summed E-state index contributed by atoms with van der Waals surface area (Å²) in [6.07, 6.45) is -0.167. The number of methoxy groups -OCH3 is 1. The minimum absolute atomic E-state index is 0.167. The summed E-state index contributed by atoms with van der Waals surface area (Å²) in [5, 5.41) is 0. The Morgan fingerprint density at radius 2 is 1.81 bits per heavy atom. The summed E-state index contributed by atoms with van der Waals surface area (Å²) < 4.78 is 5.53. The lowest BCUT2D eigenvalue weighted by atomic mass is 10.0. The quantitative estimate of drug-likeness (QED) is 0.652. The highest BCUT2D eigenvalue weighted by Gasteiger charge is 2.21. The summed E-state index contributed by atoms with van der Waals surface area (Å²) >= 11 is 0. The van der Waals surface area contributed by atoms with Gasteiger partial charge in [-0.1, -0.05) is 44.2 Å². The fourth-order valence-electron chi connectivity index (χ4n) is 2.35. The van der Waals surface area contributed by atoms with E-state index in [1.807, 2.05) is 37.3 Å². The molecule has 21 heavy (non-hydrogen) atoms. The molecule has 0 aliphatic heterocycles. The van der Waals surface area contributed by atoms with Crippen molar-refractivity contribution >= 4 is 5.82 Å². The smallest absolute Gasteiger partial charge is 0.160 e. The minimum Gasteiger partial charge on any atom is -0.373 e. The number of nitrogens with two attached hydrogens (primary N) is 1. The van der Waals surface area contributed by atoms with E-state index in [9.17, 15) is 0 Å². The number of hydrogen-bond acceptors (Lipinski definition) is 5. The molecule has 5 nitrogen and oxygen atoms in total. The Bertz CT molecular complexity index is 599. The second-order valence-electron chi connectivity index (χ2n) is 5.31. The highest BCUT2D eigenvalue weighted by molar-refractivity contribution is 5.67. The Hall–Kier alpha value is -1.98. The molecule has 0 aliphatic carbocycles. The van der Waals surface area contributed by atoms with Gasteiger partial charge in [-0.25, -0.2) is 15.8 Å². The summed E-state index contributed by atoms with van der Waals surface area (Å²) in [6.45, 7) is 6.11. The molecule has 1 aromatic heterocycles. The summed E-state index contributed by atoms with van der Waals surface area (Å²) in [4.78, 5) is 9.21. The van der Waals surface area contributed by atoms with Crippen molar-refractivity contribution in [3.05, 3.63) is 41.7 Å². The van der Waals surface area contributed by atoms with Crippen LogP contribution in [0.5, 0.6) is 0 Å². The molecule has 0 radical (unpaired) electrons. The third-order valence-corrected chi connectivity index (χ3v) is 3.46. The molecule has 1 unspecified atom stereocenters.